The van der Waals surface area contributed by atoms with Crippen LogP contribution in [-0.4, -0.2) is 73.4 Å². The van der Waals surface area contributed by atoms with Crippen LogP contribution in [0.15, 0.2) is 48.6 Å². The summed E-state index contributed by atoms with van der Waals surface area (Å²) in [5, 5.41) is 13.9. The first-order valence-corrected chi connectivity index (χ1v) is 32.5. The molecule has 0 aliphatic rings. The number of carbonyl (C=O) groups excluding carboxylic acids is 1. The van der Waals surface area contributed by atoms with Gasteiger partial charge in [-0.15, -0.1) is 0 Å². The van der Waals surface area contributed by atoms with Crippen molar-refractivity contribution in [2.75, 3.05) is 40.9 Å². The second-order valence-corrected chi connectivity index (χ2v) is 23.9. The molecule has 3 unspecified atom stereocenters. The first kappa shape index (κ1) is 70.5. The van der Waals surface area contributed by atoms with Crippen LogP contribution in [0.2, 0.25) is 0 Å². The van der Waals surface area contributed by atoms with Gasteiger partial charge in [-0.25, -0.2) is 4.57 Å². The topological polar surface area (TPSA) is 105 Å². The number of aliphatic hydroxyl groups is 1. The van der Waals surface area contributed by atoms with Crippen LogP contribution >= 0.6 is 7.82 Å². The average Bonchev–Trinajstić information content (AvgIpc) is 3.34. The first-order chi connectivity index (χ1) is 35.0. The predicted octanol–water partition coefficient (Wildman–Crippen LogP) is 19.1. The average molecular weight is 1030 g/mol. The molecule has 0 aliphatic heterocycles. The molecule has 0 rings (SSSR count). The van der Waals surface area contributed by atoms with Gasteiger partial charge < -0.3 is 19.8 Å². The smallest absolute Gasteiger partial charge is 0.387 e. The number of phosphoric acid groups is 1. The molecule has 0 saturated heterocycles. The lowest BCUT2D eigenvalue weighted by Crippen LogP contribution is -2.45. The van der Waals surface area contributed by atoms with Crippen molar-refractivity contribution in [3.63, 3.8) is 0 Å². The van der Waals surface area contributed by atoms with Gasteiger partial charge in [-0.2, -0.15) is 0 Å². The van der Waals surface area contributed by atoms with E-state index in [0.29, 0.717) is 17.4 Å². The number of hydrogen-bond acceptors (Lipinski definition) is 5. The van der Waals surface area contributed by atoms with Gasteiger partial charge in [-0.3, -0.25) is 13.8 Å². The molecule has 424 valence electrons. The fourth-order valence-electron chi connectivity index (χ4n) is 9.13. The van der Waals surface area contributed by atoms with E-state index in [2.05, 4.69) is 55.6 Å². The molecule has 9 heteroatoms. The number of allylic oxidation sites excluding steroid dienone is 7. The molecule has 0 aliphatic carbocycles. The van der Waals surface area contributed by atoms with E-state index in [1.165, 1.54) is 231 Å². The fraction of sp³-hybridized carbons (Fsp3) is 0.857. The molecular formula is C63H122N2O6P+. The van der Waals surface area contributed by atoms with Crippen LogP contribution in [0.1, 0.15) is 296 Å². The molecule has 0 bridgehead atoms. The molecule has 1 amide bonds. The molecule has 0 aromatic carbocycles. The molecule has 3 N–H and O–H groups in total. The summed E-state index contributed by atoms with van der Waals surface area (Å²) in [6.07, 6.45) is 72.3. The zero-order chi connectivity index (χ0) is 52.7. The van der Waals surface area contributed by atoms with E-state index in [9.17, 15) is 19.4 Å². The van der Waals surface area contributed by atoms with Crippen LogP contribution in [0.25, 0.3) is 0 Å². The molecule has 0 heterocycles. The number of rotatable bonds is 57. The first-order valence-electron chi connectivity index (χ1n) is 31.0. The maximum Gasteiger partial charge on any atom is 0.472 e. The predicted molar refractivity (Wildman–Crippen MR) is 314 cm³/mol. The standard InChI is InChI=1S/C63H121N2O6P/c1-6-8-10-12-14-16-18-20-22-24-26-28-30-31-32-33-34-35-37-39-41-43-45-47-49-51-53-55-57-63(67)64-61(60-71-72(68,69)70-59-58-65(3,4)5)62(66)56-54-52-50-48-46-44-42-40-38-36-29-27-25-23-21-19-17-15-13-11-9-7-2/h31-32,38,40,46,48,54,56,61-62,66H,6-30,33-37,39,41-45,47,49-53,55,57-60H2,1-5H3,(H-,64,67,68,69)/p+1/b32-31-,40-38+,48-46+,56-54+. The third-order valence-corrected chi connectivity index (χ3v) is 15.0. The number of quaternary nitrogens is 1. The SMILES string of the molecule is CCCCCCCCCCCCCC/C=C\CCCCCCCCCCCCCCC(=O)NC(COP(=O)(O)OCC[N+](C)(C)C)C(O)/C=C/CC/C=C/CC/C=C/CCCCCCCCCCCCCC. The summed E-state index contributed by atoms with van der Waals surface area (Å²) < 4.78 is 23.7. The Hall–Kier alpha value is -1.54. The van der Waals surface area contributed by atoms with Crippen molar-refractivity contribution in [1.29, 1.82) is 0 Å². The number of hydrogen-bond donors (Lipinski definition) is 3. The Bertz CT molecular complexity index is 1310. The minimum Gasteiger partial charge on any atom is -0.387 e. The second-order valence-electron chi connectivity index (χ2n) is 22.4. The largest absolute Gasteiger partial charge is 0.472 e. The highest BCUT2D eigenvalue weighted by Gasteiger charge is 2.27. The molecule has 0 aromatic heterocycles. The number of nitrogens with zero attached hydrogens (tertiary/aromatic N) is 1. The Morgan fingerprint density at radius 2 is 0.764 bits per heavy atom. The van der Waals surface area contributed by atoms with E-state index in [-0.39, 0.29) is 19.1 Å². The highest BCUT2D eigenvalue weighted by atomic mass is 31.2. The number of aliphatic hydroxyl groups excluding tert-OH is 1. The van der Waals surface area contributed by atoms with Crippen LogP contribution < -0.4 is 5.32 Å². The van der Waals surface area contributed by atoms with Gasteiger partial charge in [0.1, 0.15) is 13.2 Å². The Morgan fingerprint density at radius 1 is 0.458 bits per heavy atom. The van der Waals surface area contributed by atoms with Gasteiger partial charge in [0.15, 0.2) is 0 Å². The Morgan fingerprint density at radius 3 is 1.11 bits per heavy atom. The van der Waals surface area contributed by atoms with Gasteiger partial charge in [0.25, 0.3) is 0 Å². The Labute approximate surface area is 448 Å². The minimum absolute atomic E-state index is 0.0534. The van der Waals surface area contributed by atoms with Crippen molar-refractivity contribution < 1.29 is 32.9 Å². The highest BCUT2D eigenvalue weighted by Crippen LogP contribution is 2.43. The van der Waals surface area contributed by atoms with Gasteiger partial charge in [0, 0.05) is 6.42 Å². The summed E-state index contributed by atoms with van der Waals surface area (Å²) in [5.41, 5.74) is 0. The molecule has 72 heavy (non-hydrogen) atoms. The lowest BCUT2D eigenvalue weighted by molar-refractivity contribution is -0.870. The van der Waals surface area contributed by atoms with Crippen molar-refractivity contribution in [2.45, 2.75) is 309 Å². The number of unbranched alkanes of at least 4 members (excludes halogenated alkanes) is 38. The van der Waals surface area contributed by atoms with Crippen molar-refractivity contribution in [3.8, 4) is 0 Å². The van der Waals surface area contributed by atoms with Crippen LogP contribution in [-0.2, 0) is 18.4 Å². The Balaban J connectivity index is 4.20. The molecule has 3 atom stereocenters. The second kappa shape index (κ2) is 54.3. The van der Waals surface area contributed by atoms with Crippen molar-refractivity contribution >= 4 is 13.7 Å². The monoisotopic (exact) mass is 1030 g/mol. The summed E-state index contributed by atoms with van der Waals surface area (Å²) in [7, 11) is 1.55. The van der Waals surface area contributed by atoms with E-state index in [1.54, 1.807) is 6.08 Å². The van der Waals surface area contributed by atoms with Crippen molar-refractivity contribution in [1.82, 2.24) is 5.32 Å². The molecule has 0 radical (unpaired) electrons. The number of amides is 1. The number of likely N-dealkylation sites (N-methyl/N-ethyl adjacent to an activating group) is 1. The maximum absolute atomic E-state index is 13.0. The van der Waals surface area contributed by atoms with Crippen LogP contribution in [0.5, 0.6) is 0 Å². The van der Waals surface area contributed by atoms with Crippen LogP contribution in [0.3, 0.4) is 0 Å². The summed E-state index contributed by atoms with van der Waals surface area (Å²) in [6, 6.07) is -0.871. The summed E-state index contributed by atoms with van der Waals surface area (Å²) in [4.78, 5) is 23.3. The van der Waals surface area contributed by atoms with Crippen LogP contribution in [0.4, 0.5) is 0 Å². The van der Waals surface area contributed by atoms with Gasteiger partial charge in [0.2, 0.25) is 5.91 Å². The molecule has 0 fully saturated rings. The fourth-order valence-corrected chi connectivity index (χ4v) is 9.87. The summed E-state index contributed by atoms with van der Waals surface area (Å²) in [5.74, 6) is -0.188. The number of phosphoric ester groups is 1. The molecule has 0 aromatic rings. The van der Waals surface area contributed by atoms with Gasteiger partial charge in [-0.1, -0.05) is 268 Å². The van der Waals surface area contributed by atoms with Gasteiger partial charge in [0.05, 0.1) is 39.9 Å². The Kier molecular flexibility index (Phi) is 53.1. The maximum atomic E-state index is 13.0. The van der Waals surface area contributed by atoms with E-state index < -0.39 is 20.0 Å². The number of carbonyl (C=O) groups is 1. The lowest BCUT2D eigenvalue weighted by Gasteiger charge is -2.25. The van der Waals surface area contributed by atoms with Crippen molar-refractivity contribution in [3.05, 3.63) is 48.6 Å². The van der Waals surface area contributed by atoms with E-state index in [4.69, 9.17) is 9.05 Å². The van der Waals surface area contributed by atoms with E-state index in [0.717, 1.165) is 44.9 Å². The quantitative estimate of drug-likeness (QED) is 0.0243. The molecule has 0 saturated carbocycles. The van der Waals surface area contributed by atoms with Crippen LogP contribution in [0, 0.1) is 0 Å². The normalized spacial score (nSPS) is 14.2. The molecule has 0 spiro atoms. The van der Waals surface area contributed by atoms with Gasteiger partial charge >= 0.3 is 7.82 Å². The summed E-state index contributed by atoms with van der Waals surface area (Å²) >= 11 is 0. The lowest BCUT2D eigenvalue weighted by atomic mass is 10.0. The minimum atomic E-state index is -4.36. The highest BCUT2D eigenvalue weighted by molar-refractivity contribution is 7.47. The van der Waals surface area contributed by atoms with Crippen molar-refractivity contribution in [2.24, 2.45) is 0 Å². The van der Waals surface area contributed by atoms with E-state index >= 15 is 0 Å². The summed E-state index contributed by atoms with van der Waals surface area (Å²) in [6.45, 7) is 4.82. The zero-order valence-corrected chi connectivity index (χ0v) is 49.3. The third-order valence-electron chi connectivity index (χ3n) is 14.0. The van der Waals surface area contributed by atoms with E-state index in [1.807, 2.05) is 27.2 Å². The zero-order valence-electron chi connectivity index (χ0n) is 48.4. The third kappa shape index (κ3) is 56.2. The number of nitrogens with one attached hydrogen (secondary N) is 1. The molecule has 8 nitrogen and oxygen atoms in total. The molecular weight excluding hydrogens is 912 g/mol. The van der Waals surface area contributed by atoms with Gasteiger partial charge in [-0.05, 0) is 70.6 Å².